The van der Waals surface area contributed by atoms with Gasteiger partial charge in [0, 0.05) is 24.6 Å². The molecular weight excluding hydrogens is 453 g/mol. The molecule has 10 nitrogen and oxygen atoms in total. The number of hydrogen-bond acceptors (Lipinski definition) is 9. The molecule has 0 radical (unpaired) electrons. The fourth-order valence-corrected chi connectivity index (χ4v) is 4.16. The minimum atomic E-state index is -0.877. The van der Waals surface area contributed by atoms with E-state index in [0.29, 0.717) is 72.4 Å². The maximum Gasteiger partial charge on any atom is 0.312 e. The van der Waals surface area contributed by atoms with E-state index in [1.807, 2.05) is 23.6 Å². The van der Waals surface area contributed by atoms with Crippen LogP contribution < -0.4 is 20.5 Å². The number of aromatic nitrogens is 5. The lowest BCUT2D eigenvalue weighted by molar-refractivity contribution is 0.171. The fraction of sp³-hybridized carbons (Fsp3) is 0.417. The number of halogens is 1. The van der Waals surface area contributed by atoms with Gasteiger partial charge in [-0.05, 0) is 37.6 Å². The topological polar surface area (TPSA) is 126 Å². The summed E-state index contributed by atoms with van der Waals surface area (Å²) in [6, 6.07) is 4.17. The smallest absolute Gasteiger partial charge is 0.312 e. The van der Waals surface area contributed by atoms with Crippen LogP contribution in [-0.4, -0.2) is 50.3 Å². The van der Waals surface area contributed by atoms with Gasteiger partial charge in [-0.2, -0.15) is 14.4 Å². The first-order chi connectivity index (χ1) is 16.9. The third-order valence-electron chi connectivity index (χ3n) is 5.75. The molecule has 35 heavy (non-hydrogen) atoms. The third-order valence-corrected chi connectivity index (χ3v) is 5.75. The van der Waals surface area contributed by atoms with Crippen molar-refractivity contribution in [1.29, 1.82) is 0 Å². The molecule has 0 atom stereocenters. The zero-order chi connectivity index (χ0) is 24.5. The number of nitrogen functional groups attached to an aromatic ring is 1. The van der Waals surface area contributed by atoms with E-state index in [9.17, 15) is 4.39 Å². The van der Waals surface area contributed by atoms with Crippen LogP contribution in [0.15, 0.2) is 22.7 Å². The molecular formula is C24H28FN7O3. The second-order valence-corrected chi connectivity index (χ2v) is 8.80. The van der Waals surface area contributed by atoms with Crippen LogP contribution in [-0.2, 0) is 13.0 Å². The number of benzene rings is 1. The van der Waals surface area contributed by atoms with Crippen LogP contribution in [0.3, 0.4) is 0 Å². The minimum Gasteiger partial charge on any atom is -0.486 e. The SMILES string of the molecule is Cc1cnc(-c2cc3c(cc2Cc2nc4c(N)nc(F)nc4n2CCCNC(C)C)OCCO3)o1. The summed E-state index contributed by atoms with van der Waals surface area (Å²) in [4.78, 5) is 16.8. The Hall–Kier alpha value is -3.73. The highest BCUT2D eigenvalue weighted by Crippen LogP contribution is 2.38. The van der Waals surface area contributed by atoms with Gasteiger partial charge >= 0.3 is 6.08 Å². The lowest BCUT2D eigenvalue weighted by atomic mass is 10.0. The van der Waals surface area contributed by atoms with Gasteiger partial charge in [0.1, 0.15) is 24.8 Å². The van der Waals surface area contributed by atoms with Crippen LogP contribution in [0.2, 0.25) is 0 Å². The van der Waals surface area contributed by atoms with Crippen molar-refractivity contribution in [1.82, 2.24) is 29.8 Å². The zero-order valence-corrected chi connectivity index (χ0v) is 20.0. The molecule has 0 aliphatic carbocycles. The Kier molecular flexibility index (Phi) is 6.25. The standard InChI is InChI=1S/C24H28FN7O3/c1-13(2)27-5-4-6-32-19(29-20-21(26)30-24(25)31-22(20)32)10-15-9-17-18(34-8-7-33-17)11-16(15)23-28-12-14(3)35-23/h9,11-13,27H,4-8,10H2,1-3H3,(H2,26,30,31). The number of imidazole rings is 1. The molecule has 4 aromatic rings. The Morgan fingerprint density at radius 3 is 2.63 bits per heavy atom. The molecule has 0 unspecified atom stereocenters. The van der Waals surface area contributed by atoms with E-state index in [1.165, 1.54) is 0 Å². The van der Waals surface area contributed by atoms with Gasteiger partial charge in [0.15, 0.2) is 28.5 Å². The normalized spacial score (nSPS) is 13.2. The Morgan fingerprint density at radius 1 is 1.14 bits per heavy atom. The summed E-state index contributed by atoms with van der Waals surface area (Å²) in [5, 5.41) is 3.40. The summed E-state index contributed by atoms with van der Waals surface area (Å²) in [7, 11) is 0. The lowest BCUT2D eigenvalue weighted by Gasteiger charge is -2.20. The van der Waals surface area contributed by atoms with E-state index >= 15 is 0 Å². The number of oxazole rings is 1. The van der Waals surface area contributed by atoms with Gasteiger partial charge in [0.2, 0.25) is 5.89 Å². The predicted octanol–water partition coefficient (Wildman–Crippen LogP) is 3.26. The molecule has 3 aromatic heterocycles. The zero-order valence-electron chi connectivity index (χ0n) is 20.0. The molecule has 0 spiro atoms. The van der Waals surface area contributed by atoms with E-state index < -0.39 is 6.08 Å². The molecule has 0 bridgehead atoms. The molecule has 3 N–H and O–H groups in total. The summed E-state index contributed by atoms with van der Waals surface area (Å²) >= 11 is 0. The maximum absolute atomic E-state index is 14.1. The number of nitrogens with two attached hydrogens (primary N) is 1. The van der Waals surface area contributed by atoms with Crippen LogP contribution in [0.5, 0.6) is 11.5 Å². The fourth-order valence-electron chi connectivity index (χ4n) is 4.16. The van der Waals surface area contributed by atoms with Crippen molar-refractivity contribution >= 4 is 17.0 Å². The first-order valence-electron chi connectivity index (χ1n) is 11.7. The molecule has 0 saturated carbocycles. The molecule has 4 heterocycles. The monoisotopic (exact) mass is 481 g/mol. The number of ether oxygens (including phenoxy) is 2. The first kappa shape index (κ1) is 23.0. The van der Waals surface area contributed by atoms with Crippen molar-refractivity contribution in [2.45, 2.75) is 46.2 Å². The van der Waals surface area contributed by atoms with Crippen molar-refractivity contribution in [3.63, 3.8) is 0 Å². The quantitative estimate of drug-likeness (QED) is 0.288. The largest absolute Gasteiger partial charge is 0.486 e. The van der Waals surface area contributed by atoms with Crippen molar-refractivity contribution in [2.24, 2.45) is 0 Å². The van der Waals surface area contributed by atoms with E-state index in [4.69, 9.17) is 24.6 Å². The van der Waals surface area contributed by atoms with Gasteiger partial charge in [0.05, 0.1) is 6.20 Å². The number of rotatable bonds is 8. The average Bonchev–Trinajstić information content (AvgIpc) is 3.40. The average molecular weight is 482 g/mol. The highest BCUT2D eigenvalue weighted by atomic mass is 19.1. The second kappa shape index (κ2) is 9.49. The number of anilines is 1. The van der Waals surface area contributed by atoms with E-state index in [2.05, 4.69) is 34.1 Å². The lowest BCUT2D eigenvalue weighted by Crippen LogP contribution is -2.24. The van der Waals surface area contributed by atoms with Crippen molar-refractivity contribution in [3.05, 3.63) is 41.6 Å². The highest BCUT2D eigenvalue weighted by molar-refractivity contribution is 5.82. The van der Waals surface area contributed by atoms with Gasteiger partial charge in [-0.25, -0.2) is 9.97 Å². The Balaban J connectivity index is 1.58. The minimum absolute atomic E-state index is 0.0125. The molecule has 0 fully saturated rings. The van der Waals surface area contributed by atoms with Gasteiger partial charge in [-0.3, -0.25) is 0 Å². The van der Waals surface area contributed by atoms with Gasteiger partial charge in [-0.15, -0.1) is 0 Å². The Bertz CT molecular complexity index is 1370. The molecule has 1 aromatic carbocycles. The molecule has 184 valence electrons. The van der Waals surface area contributed by atoms with Crippen LogP contribution in [0.4, 0.5) is 10.2 Å². The van der Waals surface area contributed by atoms with Crippen molar-refractivity contribution < 1.29 is 18.3 Å². The summed E-state index contributed by atoms with van der Waals surface area (Å²) in [5.74, 6) is 3.15. The molecule has 0 amide bonds. The summed E-state index contributed by atoms with van der Waals surface area (Å²) in [6.07, 6.45) is 1.99. The van der Waals surface area contributed by atoms with Gasteiger partial charge in [-0.1, -0.05) is 13.8 Å². The maximum atomic E-state index is 14.1. The number of nitrogens with zero attached hydrogens (tertiary/aromatic N) is 5. The number of hydrogen-bond donors (Lipinski definition) is 2. The van der Waals surface area contributed by atoms with Crippen LogP contribution in [0.1, 0.15) is 37.4 Å². The van der Waals surface area contributed by atoms with Gasteiger partial charge in [0.25, 0.3) is 0 Å². The predicted molar refractivity (Wildman–Crippen MR) is 128 cm³/mol. The molecule has 11 heteroatoms. The van der Waals surface area contributed by atoms with E-state index in [0.717, 1.165) is 24.1 Å². The number of fused-ring (bicyclic) bond motifs is 2. The van der Waals surface area contributed by atoms with E-state index in [-0.39, 0.29) is 5.82 Å². The summed E-state index contributed by atoms with van der Waals surface area (Å²) < 4.78 is 33.4. The summed E-state index contributed by atoms with van der Waals surface area (Å²) in [5.41, 5.74) is 8.40. The van der Waals surface area contributed by atoms with Crippen molar-refractivity contribution in [3.8, 4) is 23.0 Å². The van der Waals surface area contributed by atoms with E-state index in [1.54, 1.807) is 6.20 Å². The second-order valence-electron chi connectivity index (χ2n) is 8.80. The Labute approximate surface area is 201 Å². The van der Waals surface area contributed by atoms with Gasteiger partial charge < -0.3 is 29.5 Å². The first-order valence-corrected chi connectivity index (χ1v) is 11.7. The molecule has 0 saturated heterocycles. The molecule has 1 aliphatic heterocycles. The molecule has 1 aliphatic rings. The summed E-state index contributed by atoms with van der Waals surface area (Å²) in [6.45, 7) is 8.35. The van der Waals surface area contributed by atoms with Crippen LogP contribution in [0.25, 0.3) is 22.6 Å². The number of nitrogens with one attached hydrogen (secondary N) is 1. The third kappa shape index (κ3) is 4.76. The van der Waals surface area contributed by atoms with Crippen molar-refractivity contribution in [2.75, 3.05) is 25.5 Å². The number of aryl methyl sites for hydroxylation is 2. The Morgan fingerprint density at radius 2 is 1.91 bits per heavy atom. The highest BCUT2D eigenvalue weighted by Gasteiger charge is 2.23. The van der Waals surface area contributed by atoms with Crippen LogP contribution in [0, 0.1) is 13.0 Å². The van der Waals surface area contributed by atoms with Crippen LogP contribution >= 0.6 is 0 Å². The molecule has 5 rings (SSSR count).